The van der Waals surface area contributed by atoms with Crippen LogP contribution < -0.4 is 10.6 Å². The molecule has 88 valence electrons. The van der Waals surface area contributed by atoms with Crippen LogP contribution in [-0.2, 0) is 0 Å². The van der Waals surface area contributed by atoms with Gasteiger partial charge in [-0.25, -0.2) is 0 Å². The van der Waals surface area contributed by atoms with E-state index in [4.69, 9.17) is 5.73 Å². The van der Waals surface area contributed by atoms with E-state index in [-0.39, 0.29) is 6.04 Å². The Morgan fingerprint density at radius 2 is 2.19 bits per heavy atom. The summed E-state index contributed by atoms with van der Waals surface area (Å²) >= 11 is 1.97. The molecule has 0 fully saturated rings. The molecule has 1 aromatic rings. The Morgan fingerprint density at radius 3 is 2.88 bits per heavy atom. The number of benzene rings is 1. The Balaban J connectivity index is 2.37. The van der Waals surface area contributed by atoms with Crippen LogP contribution in [0.25, 0.3) is 0 Å². The molecule has 0 bridgehead atoms. The molecular formula is C13H20N2S. The SMILES string of the molecule is Cc1cc(C)c2c(c1)SCCN2CC(C)N. The zero-order chi connectivity index (χ0) is 11.7. The molecule has 1 unspecified atom stereocenters. The monoisotopic (exact) mass is 236 g/mol. The average molecular weight is 236 g/mol. The van der Waals surface area contributed by atoms with Crippen molar-refractivity contribution in [2.75, 3.05) is 23.7 Å². The Morgan fingerprint density at radius 1 is 1.44 bits per heavy atom. The first-order chi connectivity index (χ1) is 7.58. The first kappa shape index (κ1) is 11.8. The lowest BCUT2D eigenvalue weighted by molar-refractivity contribution is 0.683. The van der Waals surface area contributed by atoms with Gasteiger partial charge in [-0.15, -0.1) is 11.8 Å². The van der Waals surface area contributed by atoms with E-state index in [1.807, 2.05) is 11.8 Å². The second-order valence-corrected chi connectivity index (χ2v) is 5.84. The van der Waals surface area contributed by atoms with Crippen molar-refractivity contribution in [1.82, 2.24) is 0 Å². The van der Waals surface area contributed by atoms with Crippen molar-refractivity contribution < 1.29 is 0 Å². The lowest BCUT2D eigenvalue weighted by Gasteiger charge is -2.33. The molecular weight excluding hydrogens is 216 g/mol. The predicted molar refractivity (Wildman–Crippen MR) is 72.5 cm³/mol. The van der Waals surface area contributed by atoms with Crippen LogP contribution in [0, 0.1) is 13.8 Å². The molecule has 2 N–H and O–H groups in total. The Hall–Kier alpha value is -0.670. The molecule has 1 heterocycles. The summed E-state index contributed by atoms with van der Waals surface area (Å²) < 4.78 is 0. The molecule has 1 aromatic carbocycles. The number of aryl methyl sites for hydroxylation is 2. The molecule has 3 heteroatoms. The van der Waals surface area contributed by atoms with Crippen molar-refractivity contribution in [3.8, 4) is 0 Å². The minimum absolute atomic E-state index is 0.233. The maximum Gasteiger partial charge on any atom is 0.0535 e. The van der Waals surface area contributed by atoms with E-state index >= 15 is 0 Å². The summed E-state index contributed by atoms with van der Waals surface area (Å²) in [5, 5.41) is 0. The van der Waals surface area contributed by atoms with E-state index in [0.29, 0.717) is 0 Å². The Labute approximate surface area is 102 Å². The molecule has 1 aliphatic heterocycles. The number of hydrogen-bond donors (Lipinski definition) is 1. The molecule has 0 aromatic heterocycles. The van der Waals surface area contributed by atoms with E-state index in [1.165, 1.54) is 27.5 Å². The largest absolute Gasteiger partial charge is 0.368 e. The van der Waals surface area contributed by atoms with Crippen LogP contribution in [-0.4, -0.2) is 24.9 Å². The van der Waals surface area contributed by atoms with Gasteiger partial charge in [-0.3, -0.25) is 0 Å². The summed E-state index contributed by atoms with van der Waals surface area (Å²) in [6, 6.07) is 4.79. The lowest BCUT2D eigenvalue weighted by atomic mass is 10.1. The smallest absolute Gasteiger partial charge is 0.0535 e. The highest BCUT2D eigenvalue weighted by atomic mass is 32.2. The van der Waals surface area contributed by atoms with Crippen molar-refractivity contribution >= 4 is 17.4 Å². The molecule has 0 radical (unpaired) electrons. The summed E-state index contributed by atoms with van der Waals surface area (Å²) in [5.74, 6) is 1.17. The molecule has 16 heavy (non-hydrogen) atoms. The first-order valence-electron chi connectivity index (χ1n) is 5.82. The van der Waals surface area contributed by atoms with E-state index in [1.54, 1.807) is 0 Å². The van der Waals surface area contributed by atoms with Crippen LogP contribution in [0.1, 0.15) is 18.1 Å². The number of nitrogens with two attached hydrogens (primary N) is 1. The van der Waals surface area contributed by atoms with Crippen molar-refractivity contribution in [3.05, 3.63) is 23.3 Å². The molecule has 0 saturated heterocycles. The van der Waals surface area contributed by atoms with Crippen LogP contribution >= 0.6 is 11.8 Å². The topological polar surface area (TPSA) is 29.3 Å². The molecule has 0 aliphatic carbocycles. The molecule has 0 saturated carbocycles. The molecule has 0 spiro atoms. The van der Waals surface area contributed by atoms with E-state index < -0.39 is 0 Å². The summed E-state index contributed by atoms with van der Waals surface area (Å²) in [6.07, 6.45) is 0. The fourth-order valence-corrected chi connectivity index (χ4v) is 3.57. The van der Waals surface area contributed by atoms with Gasteiger partial charge >= 0.3 is 0 Å². The van der Waals surface area contributed by atoms with Gasteiger partial charge in [0.05, 0.1) is 5.69 Å². The van der Waals surface area contributed by atoms with Crippen LogP contribution in [0.5, 0.6) is 0 Å². The zero-order valence-electron chi connectivity index (χ0n) is 10.3. The molecule has 0 amide bonds. The minimum atomic E-state index is 0.233. The standard InChI is InChI=1S/C13H20N2S/c1-9-6-10(2)13-12(7-9)16-5-4-15(13)8-11(3)14/h6-7,11H,4-5,8,14H2,1-3H3. The highest BCUT2D eigenvalue weighted by Gasteiger charge is 2.20. The summed E-state index contributed by atoms with van der Waals surface area (Å²) in [6.45, 7) is 8.51. The number of hydrogen-bond acceptors (Lipinski definition) is 3. The van der Waals surface area contributed by atoms with E-state index in [9.17, 15) is 0 Å². The predicted octanol–water partition coefficient (Wildman–Crippen LogP) is 2.56. The number of anilines is 1. The van der Waals surface area contributed by atoms with Crippen LogP contribution in [0.3, 0.4) is 0 Å². The number of rotatable bonds is 2. The van der Waals surface area contributed by atoms with Gasteiger partial charge in [-0.05, 0) is 38.0 Å². The van der Waals surface area contributed by atoms with Crippen molar-refractivity contribution in [3.63, 3.8) is 0 Å². The molecule has 2 rings (SSSR count). The molecule has 2 nitrogen and oxygen atoms in total. The third-order valence-corrected chi connectivity index (χ3v) is 3.86. The minimum Gasteiger partial charge on any atom is -0.368 e. The van der Waals surface area contributed by atoms with Gasteiger partial charge in [0.1, 0.15) is 0 Å². The van der Waals surface area contributed by atoms with Crippen molar-refractivity contribution in [2.24, 2.45) is 5.73 Å². The quantitative estimate of drug-likeness (QED) is 0.855. The maximum atomic E-state index is 5.91. The van der Waals surface area contributed by atoms with Gasteiger partial charge in [0.2, 0.25) is 0 Å². The Bertz CT molecular complexity index is 388. The summed E-state index contributed by atoms with van der Waals surface area (Å²) in [5.41, 5.74) is 10.0. The van der Waals surface area contributed by atoms with Gasteiger partial charge in [0, 0.05) is 29.8 Å². The number of fused-ring (bicyclic) bond motifs is 1. The third-order valence-electron chi connectivity index (χ3n) is 2.85. The average Bonchev–Trinajstić information content (AvgIpc) is 2.15. The highest BCUT2D eigenvalue weighted by molar-refractivity contribution is 7.99. The second-order valence-electron chi connectivity index (χ2n) is 4.70. The van der Waals surface area contributed by atoms with Crippen LogP contribution in [0.15, 0.2) is 17.0 Å². The number of thioether (sulfide) groups is 1. The summed E-state index contributed by atoms with van der Waals surface area (Å²) in [7, 11) is 0. The zero-order valence-corrected chi connectivity index (χ0v) is 11.1. The molecule has 1 aliphatic rings. The van der Waals surface area contributed by atoms with Gasteiger partial charge in [-0.1, -0.05) is 6.07 Å². The summed E-state index contributed by atoms with van der Waals surface area (Å²) in [4.78, 5) is 3.86. The van der Waals surface area contributed by atoms with Crippen molar-refractivity contribution in [1.29, 1.82) is 0 Å². The number of nitrogens with zero attached hydrogens (tertiary/aromatic N) is 1. The molecule has 1 atom stereocenters. The second kappa shape index (κ2) is 4.68. The first-order valence-corrected chi connectivity index (χ1v) is 6.81. The lowest BCUT2D eigenvalue weighted by Crippen LogP contribution is -2.39. The fourth-order valence-electron chi connectivity index (χ4n) is 2.34. The van der Waals surface area contributed by atoms with E-state index in [2.05, 4.69) is 37.8 Å². The normalized spacial score (nSPS) is 17.1. The van der Waals surface area contributed by atoms with E-state index in [0.717, 1.165) is 13.1 Å². The van der Waals surface area contributed by atoms with Gasteiger partial charge < -0.3 is 10.6 Å². The van der Waals surface area contributed by atoms with Crippen molar-refractivity contribution in [2.45, 2.75) is 31.7 Å². The maximum absolute atomic E-state index is 5.91. The highest BCUT2D eigenvalue weighted by Crippen LogP contribution is 2.37. The van der Waals surface area contributed by atoms with Crippen LogP contribution in [0.4, 0.5) is 5.69 Å². The van der Waals surface area contributed by atoms with Gasteiger partial charge in [0.15, 0.2) is 0 Å². The van der Waals surface area contributed by atoms with Gasteiger partial charge in [0.25, 0.3) is 0 Å². The fraction of sp³-hybridized carbons (Fsp3) is 0.538. The Kier molecular flexibility index (Phi) is 3.45. The van der Waals surface area contributed by atoms with Crippen LogP contribution in [0.2, 0.25) is 0 Å². The van der Waals surface area contributed by atoms with Gasteiger partial charge in [-0.2, -0.15) is 0 Å². The third kappa shape index (κ3) is 2.36.